The van der Waals surface area contributed by atoms with Crippen molar-refractivity contribution in [3.8, 4) is 11.4 Å². The van der Waals surface area contributed by atoms with Gasteiger partial charge < -0.3 is 5.73 Å². The Balaban J connectivity index is 2.06. The van der Waals surface area contributed by atoms with Crippen molar-refractivity contribution < 1.29 is 0 Å². The number of hydrogen-bond donors (Lipinski definition) is 1. The first-order valence-corrected chi connectivity index (χ1v) is 7.03. The summed E-state index contributed by atoms with van der Waals surface area (Å²) in [5, 5.41) is 0.714. The Morgan fingerprint density at radius 2 is 1.68 bits per heavy atom. The Labute approximate surface area is 117 Å². The molecule has 2 aromatic rings. The number of nitrogens with two attached hydrogens (primary N) is 1. The van der Waals surface area contributed by atoms with Crippen molar-refractivity contribution in [2.45, 2.75) is 32.1 Å². The Morgan fingerprint density at radius 1 is 0.947 bits per heavy atom. The lowest BCUT2D eigenvalue weighted by Gasteiger charge is -2.10. The summed E-state index contributed by atoms with van der Waals surface area (Å²) < 4.78 is 0. The van der Waals surface area contributed by atoms with E-state index < -0.39 is 0 Å². The van der Waals surface area contributed by atoms with Gasteiger partial charge in [-0.25, -0.2) is 9.97 Å². The van der Waals surface area contributed by atoms with E-state index in [1.807, 2.05) is 24.3 Å². The van der Waals surface area contributed by atoms with Crippen molar-refractivity contribution >= 4 is 17.4 Å². The molecule has 98 valence electrons. The van der Waals surface area contributed by atoms with Crippen LogP contribution in [0.15, 0.2) is 24.3 Å². The highest BCUT2D eigenvalue weighted by Gasteiger charge is 2.15. The molecule has 4 heteroatoms. The van der Waals surface area contributed by atoms with Gasteiger partial charge >= 0.3 is 0 Å². The minimum atomic E-state index is 0.636. The normalized spacial score (nSPS) is 14.8. The fraction of sp³-hybridized carbons (Fsp3) is 0.333. The molecule has 19 heavy (non-hydrogen) atoms. The molecule has 1 aliphatic carbocycles. The minimum absolute atomic E-state index is 0.636. The number of aromatic nitrogens is 2. The zero-order chi connectivity index (χ0) is 13.2. The van der Waals surface area contributed by atoms with Crippen LogP contribution in [-0.2, 0) is 12.8 Å². The highest BCUT2D eigenvalue weighted by molar-refractivity contribution is 6.30. The van der Waals surface area contributed by atoms with Crippen LogP contribution in [0.1, 0.15) is 30.5 Å². The van der Waals surface area contributed by atoms with Gasteiger partial charge in [0.2, 0.25) is 0 Å². The van der Waals surface area contributed by atoms with Crippen LogP contribution in [0, 0.1) is 0 Å². The number of fused-ring (bicyclic) bond motifs is 1. The molecule has 1 heterocycles. The zero-order valence-electron chi connectivity index (χ0n) is 10.7. The van der Waals surface area contributed by atoms with Gasteiger partial charge in [0, 0.05) is 21.8 Å². The molecule has 0 saturated heterocycles. The molecule has 3 rings (SSSR count). The Kier molecular flexibility index (Phi) is 3.38. The van der Waals surface area contributed by atoms with Gasteiger partial charge in [-0.2, -0.15) is 0 Å². The average Bonchev–Trinajstić information content (AvgIpc) is 2.65. The molecule has 0 unspecified atom stereocenters. The van der Waals surface area contributed by atoms with Gasteiger partial charge in [-0.3, -0.25) is 0 Å². The number of nitrogen functional groups attached to an aromatic ring is 1. The third-order valence-electron chi connectivity index (χ3n) is 3.57. The summed E-state index contributed by atoms with van der Waals surface area (Å²) in [7, 11) is 0. The van der Waals surface area contributed by atoms with Crippen molar-refractivity contribution in [2.75, 3.05) is 5.73 Å². The van der Waals surface area contributed by atoms with E-state index in [0.29, 0.717) is 16.7 Å². The fourth-order valence-electron chi connectivity index (χ4n) is 2.53. The van der Waals surface area contributed by atoms with Gasteiger partial charge in [0.25, 0.3) is 0 Å². The Bertz CT molecular complexity index is 593. The van der Waals surface area contributed by atoms with Crippen LogP contribution in [0.5, 0.6) is 0 Å². The maximum absolute atomic E-state index is 6.10. The second-order valence-electron chi connectivity index (χ2n) is 4.93. The first-order chi connectivity index (χ1) is 9.24. The standard InChI is InChI=1S/C15H16ClN3/c16-11-8-6-10(7-9-11)15-18-13-5-3-1-2-4-12(13)14(17)19-15/h6-9H,1-5H2,(H2,17,18,19). The van der Waals surface area contributed by atoms with Crippen molar-refractivity contribution in [1.29, 1.82) is 0 Å². The molecule has 1 aromatic carbocycles. The summed E-state index contributed by atoms with van der Waals surface area (Å²) in [6.07, 6.45) is 5.61. The third-order valence-corrected chi connectivity index (χ3v) is 3.82. The van der Waals surface area contributed by atoms with E-state index in [9.17, 15) is 0 Å². The second kappa shape index (κ2) is 5.17. The molecule has 2 N–H and O–H groups in total. The van der Waals surface area contributed by atoms with Crippen molar-refractivity contribution in [2.24, 2.45) is 0 Å². The SMILES string of the molecule is Nc1nc(-c2ccc(Cl)cc2)nc2c1CCCCC2. The van der Waals surface area contributed by atoms with Crippen LogP contribution in [0.4, 0.5) is 5.82 Å². The highest BCUT2D eigenvalue weighted by atomic mass is 35.5. The maximum Gasteiger partial charge on any atom is 0.161 e. The maximum atomic E-state index is 6.10. The number of benzene rings is 1. The van der Waals surface area contributed by atoms with Crippen LogP contribution in [0.3, 0.4) is 0 Å². The minimum Gasteiger partial charge on any atom is -0.383 e. The zero-order valence-corrected chi connectivity index (χ0v) is 11.5. The molecular weight excluding hydrogens is 258 g/mol. The molecule has 0 radical (unpaired) electrons. The average molecular weight is 274 g/mol. The van der Waals surface area contributed by atoms with E-state index in [4.69, 9.17) is 22.3 Å². The van der Waals surface area contributed by atoms with Crippen molar-refractivity contribution in [3.63, 3.8) is 0 Å². The molecule has 0 aliphatic heterocycles. The summed E-state index contributed by atoms with van der Waals surface area (Å²) in [6.45, 7) is 0. The van der Waals surface area contributed by atoms with Gasteiger partial charge in [0.15, 0.2) is 5.82 Å². The van der Waals surface area contributed by atoms with Crippen LogP contribution >= 0.6 is 11.6 Å². The predicted molar refractivity (Wildman–Crippen MR) is 78.1 cm³/mol. The van der Waals surface area contributed by atoms with Crippen LogP contribution < -0.4 is 5.73 Å². The summed E-state index contributed by atoms with van der Waals surface area (Å²) in [4.78, 5) is 9.15. The van der Waals surface area contributed by atoms with Crippen LogP contribution in [-0.4, -0.2) is 9.97 Å². The van der Waals surface area contributed by atoms with Gasteiger partial charge in [-0.1, -0.05) is 18.0 Å². The van der Waals surface area contributed by atoms with Crippen LogP contribution in [0.25, 0.3) is 11.4 Å². The first-order valence-electron chi connectivity index (χ1n) is 6.65. The molecule has 0 atom stereocenters. The lowest BCUT2D eigenvalue weighted by Crippen LogP contribution is -2.06. The number of aryl methyl sites for hydroxylation is 1. The number of halogens is 1. The van der Waals surface area contributed by atoms with Crippen molar-refractivity contribution in [3.05, 3.63) is 40.5 Å². The van der Waals surface area contributed by atoms with Gasteiger partial charge in [-0.15, -0.1) is 0 Å². The van der Waals surface area contributed by atoms with Crippen molar-refractivity contribution in [1.82, 2.24) is 9.97 Å². The molecular formula is C15H16ClN3. The molecule has 0 amide bonds. The molecule has 0 bridgehead atoms. The van der Waals surface area contributed by atoms with E-state index in [2.05, 4.69) is 4.98 Å². The molecule has 0 saturated carbocycles. The lowest BCUT2D eigenvalue weighted by atomic mass is 10.1. The lowest BCUT2D eigenvalue weighted by molar-refractivity contribution is 0.709. The Morgan fingerprint density at radius 3 is 2.47 bits per heavy atom. The van der Waals surface area contributed by atoms with E-state index in [1.165, 1.54) is 19.3 Å². The number of anilines is 1. The molecule has 0 spiro atoms. The molecule has 1 aliphatic rings. The third kappa shape index (κ3) is 2.56. The smallest absolute Gasteiger partial charge is 0.161 e. The summed E-state index contributed by atoms with van der Waals surface area (Å²) >= 11 is 5.90. The van der Waals surface area contributed by atoms with Crippen LogP contribution in [0.2, 0.25) is 5.02 Å². The largest absolute Gasteiger partial charge is 0.383 e. The second-order valence-corrected chi connectivity index (χ2v) is 5.36. The Hall–Kier alpha value is -1.61. The van der Waals surface area contributed by atoms with E-state index >= 15 is 0 Å². The number of nitrogens with zero attached hydrogens (tertiary/aromatic N) is 2. The topological polar surface area (TPSA) is 51.8 Å². The quantitative estimate of drug-likeness (QED) is 0.807. The molecule has 1 aromatic heterocycles. The van der Waals surface area contributed by atoms with Gasteiger partial charge in [-0.05, 0) is 49.9 Å². The van der Waals surface area contributed by atoms with E-state index in [0.717, 1.165) is 29.7 Å². The summed E-state index contributed by atoms with van der Waals surface area (Å²) in [5.41, 5.74) is 9.33. The predicted octanol–water partition coefficient (Wildman–Crippen LogP) is 3.65. The summed E-state index contributed by atoms with van der Waals surface area (Å²) in [5.74, 6) is 1.34. The number of hydrogen-bond acceptors (Lipinski definition) is 3. The van der Waals surface area contributed by atoms with Gasteiger partial charge in [0.1, 0.15) is 5.82 Å². The number of rotatable bonds is 1. The van der Waals surface area contributed by atoms with E-state index in [1.54, 1.807) is 0 Å². The van der Waals surface area contributed by atoms with E-state index in [-0.39, 0.29) is 0 Å². The highest BCUT2D eigenvalue weighted by Crippen LogP contribution is 2.26. The molecule has 0 fully saturated rings. The van der Waals surface area contributed by atoms with Gasteiger partial charge in [0.05, 0.1) is 0 Å². The fourth-order valence-corrected chi connectivity index (χ4v) is 2.65. The summed E-state index contributed by atoms with van der Waals surface area (Å²) in [6, 6.07) is 7.56. The molecule has 3 nitrogen and oxygen atoms in total. The monoisotopic (exact) mass is 273 g/mol. The first kappa shape index (κ1) is 12.4.